The van der Waals surface area contributed by atoms with Gasteiger partial charge >= 0.3 is 0 Å². The fourth-order valence-corrected chi connectivity index (χ4v) is 5.58. The summed E-state index contributed by atoms with van der Waals surface area (Å²) in [6, 6.07) is 12.1. The highest BCUT2D eigenvalue weighted by atomic mass is 32.1. The molecular weight excluding hydrogens is 411 g/mol. The Balaban J connectivity index is 1.71. The number of thiophene rings is 1. The van der Waals surface area contributed by atoms with Gasteiger partial charge in [-0.2, -0.15) is 0 Å². The molecule has 2 aromatic heterocycles. The largest absolute Gasteiger partial charge is 0.384 e. The fourth-order valence-electron chi connectivity index (χ4n) is 4.33. The zero-order valence-corrected chi connectivity index (χ0v) is 17.8. The number of hydrogen-bond donors (Lipinski definition) is 2. The lowest BCUT2D eigenvalue weighted by Gasteiger charge is -2.14. The van der Waals surface area contributed by atoms with Gasteiger partial charge in [0.15, 0.2) is 0 Å². The molecule has 3 heterocycles. The van der Waals surface area contributed by atoms with Gasteiger partial charge in [0, 0.05) is 34.7 Å². The van der Waals surface area contributed by atoms with Gasteiger partial charge in [0.25, 0.3) is 0 Å². The van der Waals surface area contributed by atoms with Crippen LogP contribution in [-0.4, -0.2) is 16.6 Å². The quantitative estimate of drug-likeness (QED) is 0.600. The Morgan fingerprint density at radius 3 is 2.81 bits per heavy atom. The second-order valence-corrected chi connectivity index (χ2v) is 8.82. The number of carbonyl (C=O) groups is 1. The lowest BCUT2D eigenvalue weighted by Crippen LogP contribution is -2.04. The van der Waals surface area contributed by atoms with Crippen LogP contribution in [0.2, 0.25) is 0 Å². The van der Waals surface area contributed by atoms with Crippen molar-refractivity contribution < 1.29 is 9.18 Å². The molecule has 0 saturated carbocycles. The van der Waals surface area contributed by atoms with Gasteiger partial charge in [-0.25, -0.2) is 9.37 Å². The maximum atomic E-state index is 14.9. The Kier molecular flexibility index (Phi) is 4.90. The van der Waals surface area contributed by atoms with Crippen LogP contribution in [0.3, 0.4) is 0 Å². The van der Waals surface area contributed by atoms with Crippen molar-refractivity contribution in [3.63, 3.8) is 0 Å². The Morgan fingerprint density at radius 2 is 2.06 bits per heavy atom. The molecule has 5 rings (SSSR count). The normalized spacial score (nSPS) is 17.6. The molecule has 1 aromatic carbocycles. The predicted octanol–water partition coefficient (Wildman–Crippen LogP) is 5.16. The minimum Gasteiger partial charge on any atom is -0.384 e. The summed E-state index contributed by atoms with van der Waals surface area (Å²) in [5.41, 5.74) is 11.4. The van der Waals surface area contributed by atoms with Crippen LogP contribution in [0.25, 0.3) is 5.57 Å². The maximum Gasteiger partial charge on any atom is 0.221 e. The van der Waals surface area contributed by atoms with Gasteiger partial charge in [0.1, 0.15) is 17.7 Å². The van der Waals surface area contributed by atoms with Crippen molar-refractivity contribution in [3.05, 3.63) is 81.6 Å². The number of rotatable bonds is 3. The van der Waals surface area contributed by atoms with Gasteiger partial charge in [-0.1, -0.05) is 18.2 Å². The Labute approximate surface area is 183 Å². The first-order valence-corrected chi connectivity index (χ1v) is 11.0. The van der Waals surface area contributed by atoms with Gasteiger partial charge in [0.05, 0.1) is 10.7 Å². The number of aliphatic imine (C=N–C) groups is 1. The summed E-state index contributed by atoms with van der Waals surface area (Å²) < 4.78 is 14.9. The van der Waals surface area contributed by atoms with Crippen LogP contribution >= 0.6 is 11.3 Å². The fraction of sp³-hybridized carbons (Fsp3) is 0.208. The number of fused-ring (bicyclic) bond motifs is 2. The standard InChI is InChI=1S/C24H21FN4OS/c1-13(30)28-20-11-14-5-4-7-17-21(24(14)31-20)23(16-6-2-3-8-18(16)25)29-22(17)15-9-10-19(26)27-12-15/h2-3,6,8-12,23H,4-5,7H2,1H3,(H2,26,27)(H,28,30). The lowest BCUT2D eigenvalue weighted by molar-refractivity contribution is -0.114. The molecule has 1 atom stereocenters. The molecule has 0 fully saturated rings. The smallest absolute Gasteiger partial charge is 0.221 e. The van der Waals surface area contributed by atoms with Crippen LogP contribution in [0.15, 0.2) is 59.2 Å². The summed E-state index contributed by atoms with van der Waals surface area (Å²) in [6.07, 6.45) is 4.43. The average molecular weight is 433 g/mol. The SMILES string of the molecule is CC(=O)Nc1cc2c(s1)C1=C(CCC2)C(c2ccc(N)nc2)=NC1c1ccccc1F. The maximum absolute atomic E-state index is 14.9. The van der Waals surface area contributed by atoms with E-state index >= 15 is 0 Å². The van der Waals surface area contributed by atoms with Gasteiger partial charge < -0.3 is 11.1 Å². The van der Waals surface area contributed by atoms with E-state index in [2.05, 4.69) is 10.3 Å². The van der Waals surface area contributed by atoms with E-state index in [1.54, 1.807) is 24.4 Å². The summed E-state index contributed by atoms with van der Waals surface area (Å²) in [4.78, 5) is 21.9. The van der Waals surface area contributed by atoms with Crippen LogP contribution < -0.4 is 11.1 Å². The van der Waals surface area contributed by atoms with Crippen molar-refractivity contribution in [2.24, 2.45) is 4.99 Å². The molecule has 156 valence electrons. The van der Waals surface area contributed by atoms with Gasteiger partial charge in [-0.05, 0) is 54.7 Å². The summed E-state index contributed by atoms with van der Waals surface area (Å²) in [6.45, 7) is 1.50. The third-order valence-electron chi connectivity index (χ3n) is 5.63. The number of carbonyl (C=O) groups excluding carboxylic acids is 1. The van der Waals surface area contributed by atoms with Crippen LogP contribution in [-0.2, 0) is 11.2 Å². The number of halogens is 1. The minimum atomic E-state index is -0.440. The first-order chi connectivity index (χ1) is 15.0. The van der Waals surface area contributed by atoms with Crippen LogP contribution in [0, 0.1) is 5.82 Å². The van der Waals surface area contributed by atoms with Gasteiger partial charge in [0.2, 0.25) is 5.91 Å². The molecule has 1 unspecified atom stereocenters. The Hall–Kier alpha value is -3.32. The molecule has 7 heteroatoms. The zero-order chi connectivity index (χ0) is 21.5. The van der Waals surface area contributed by atoms with Crippen LogP contribution in [0.5, 0.6) is 0 Å². The number of benzene rings is 1. The third-order valence-corrected chi connectivity index (χ3v) is 6.75. The number of nitrogens with one attached hydrogen (secondary N) is 1. The minimum absolute atomic E-state index is 0.104. The number of anilines is 2. The summed E-state index contributed by atoms with van der Waals surface area (Å²) in [5.74, 6) is 0.0698. The second kappa shape index (κ2) is 7.74. The van der Waals surface area contributed by atoms with Crippen molar-refractivity contribution in [2.45, 2.75) is 32.2 Å². The highest BCUT2D eigenvalue weighted by molar-refractivity contribution is 7.17. The molecule has 3 aromatic rings. The third kappa shape index (κ3) is 3.55. The Morgan fingerprint density at radius 1 is 1.23 bits per heavy atom. The van der Waals surface area contributed by atoms with E-state index in [-0.39, 0.29) is 11.7 Å². The van der Waals surface area contributed by atoms with E-state index in [4.69, 9.17) is 10.7 Å². The highest BCUT2D eigenvalue weighted by Gasteiger charge is 2.35. The molecule has 1 aliphatic carbocycles. The van der Waals surface area contributed by atoms with E-state index in [1.165, 1.54) is 29.9 Å². The number of pyridine rings is 1. The predicted molar refractivity (Wildman–Crippen MR) is 123 cm³/mol. The molecule has 1 amide bonds. The highest BCUT2D eigenvalue weighted by Crippen LogP contribution is 2.50. The first kappa shape index (κ1) is 19.6. The number of allylic oxidation sites excluding steroid dienone is 1. The van der Waals surface area contributed by atoms with E-state index in [1.807, 2.05) is 18.2 Å². The average Bonchev–Trinajstić information content (AvgIpc) is 3.25. The second-order valence-electron chi connectivity index (χ2n) is 7.77. The summed E-state index contributed by atoms with van der Waals surface area (Å²) in [7, 11) is 0. The van der Waals surface area contributed by atoms with Crippen molar-refractivity contribution in [3.8, 4) is 0 Å². The molecular formula is C24H21FN4OS. The van der Waals surface area contributed by atoms with E-state index < -0.39 is 6.04 Å². The summed E-state index contributed by atoms with van der Waals surface area (Å²) >= 11 is 1.54. The van der Waals surface area contributed by atoms with Crippen molar-refractivity contribution in [2.75, 3.05) is 11.1 Å². The van der Waals surface area contributed by atoms with Crippen LogP contribution in [0.4, 0.5) is 15.2 Å². The molecule has 5 nitrogen and oxygen atoms in total. The molecule has 0 saturated heterocycles. The monoisotopic (exact) mass is 432 g/mol. The molecule has 31 heavy (non-hydrogen) atoms. The molecule has 3 N–H and O–H groups in total. The zero-order valence-electron chi connectivity index (χ0n) is 17.0. The lowest BCUT2D eigenvalue weighted by atomic mass is 9.92. The van der Waals surface area contributed by atoms with E-state index in [0.717, 1.165) is 51.6 Å². The molecule has 0 bridgehead atoms. The molecule has 1 aliphatic heterocycles. The summed E-state index contributed by atoms with van der Waals surface area (Å²) in [5, 5.41) is 3.71. The number of aryl methyl sites for hydroxylation is 1. The number of hydrogen-bond acceptors (Lipinski definition) is 5. The van der Waals surface area contributed by atoms with Crippen LogP contribution in [0.1, 0.15) is 47.4 Å². The number of nitrogens with two attached hydrogens (primary N) is 1. The number of nitrogen functional groups attached to an aromatic ring is 1. The number of nitrogens with zero attached hydrogens (tertiary/aromatic N) is 2. The Bertz CT molecular complexity index is 1240. The molecule has 2 aliphatic rings. The van der Waals surface area contributed by atoms with Crippen molar-refractivity contribution in [1.82, 2.24) is 4.98 Å². The van der Waals surface area contributed by atoms with Crippen molar-refractivity contribution >= 4 is 39.3 Å². The molecule has 0 spiro atoms. The van der Waals surface area contributed by atoms with E-state index in [9.17, 15) is 9.18 Å². The number of aromatic nitrogens is 1. The first-order valence-electron chi connectivity index (χ1n) is 10.2. The number of amides is 1. The topological polar surface area (TPSA) is 80.4 Å². The van der Waals surface area contributed by atoms with Gasteiger partial charge in [-0.15, -0.1) is 11.3 Å². The molecule has 0 radical (unpaired) electrons. The van der Waals surface area contributed by atoms with E-state index in [0.29, 0.717) is 11.4 Å². The van der Waals surface area contributed by atoms with Crippen molar-refractivity contribution in [1.29, 1.82) is 0 Å². The van der Waals surface area contributed by atoms with Gasteiger partial charge in [-0.3, -0.25) is 9.79 Å².